The van der Waals surface area contributed by atoms with Crippen molar-refractivity contribution in [3.8, 4) is 12.3 Å². The molecule has 0 radical (unpaired) electrons. The third-order valence-corrected chi connectivity index (χ3v) is 4.69. The van der Waals surface area contributed by atoms with E-state index in [4.69, 9.17) is 6.42 Å². The summed E-state index contributed by atoms with van der Waals surface area (Å²) in [6.07, 6.45) is 17.7. The van der Waals surface area contributed by atoms with Crippen molar-refractivity contribution in [2.75, 3.05) is 7.05 Å². The first kappa shape index (κ1) is 17.6. The van der Waals surface area contributed by atoms with E-state index in [9.17, 15) is 0 Å². The lowest BCUT2D eigenvalue weighted by Crippen LogP contribution is -2.20. The highest BCUT2D eigenvalue weighted by atomic mass is 14.8. The van der Waals surface area contributed by atoms with E-state index in [2.05, 4.69) is 37.4 Å². The van der Waals surface area contributed by atoms with E-state index in [1.54, 1.807) is 0 Å². The van der Waals surface area contributed by atoms with Crippen molar-refractivity contribution in [1.82, 2.24) is 5.32 Å². The maximum Gasteiger partial charge on any atom is 0.00863 e. The predicted molar refractivity (Wildman–Crippen MR) is 93.8 cm³/mol. The number of rotatable bonds is 10. The molecule has 1 aliphatic carbocycles. The van der Waals surface area contributed by atoms with Gasteiger partial charge in [0.05, 0.1) is 0 Å². The third kappa shape index (κ3) is 5.84. The smallest absolute Gasteiger partial charge is 0.00863 e. The fourth-order valence-electron chi connectivity index (χ4n) is 2.86. The molecule has 2 unspecified atom stereocenters. The summed E-state index contributed by atoms with van der Waals surface area (Å²) in [7, 11) is 2.01. The lowest BCUT2D eigenvalue weighted by atomic mass is 9.75. The van der Waals surface area contributed by atoms with Gasteiger partial charge in [-0.15, -0.1) is 18.9 Å². The molecule has 0 saturated heterocycles. The average Bonchev–Trinajstić information content (AvgIpc) is 2.43. The lowest BCUT2D eigenvalue weighted by molar-refractivity contribution is 0.339. The standard InChI is InChI=1S/C20H31N/c1-6-8-9-11-18(7-2)15-20(21-5)14-16(3)17(4)19-12-10-13-19/h1,7,15-16,18-19,21H,2,4,8-14H2,3,5H3/b20-15-. The molecule has 0 aromatic heterocycles. The molecular weight excluding hydrogens is 254 g/mol. The van der Waals surface area contributed by atoms with Crippen LogP contribution in [0.2, 0.25) is 0 Å². The zero-order chi connectivity index (χ0) is 15.7. The van der Waals surface area contributed by atoms with Crippen LogP contribution < -0.4 is 5.32 Å². The normalized spacial score (nSPS) is 18.2. The summed E-state index contributed by atoms with van der Waals surface area (Å²) in [4.78, 5) is 0. The van der Waals surface area contributed by atoms with Crippen LogP contribution in [0, 0.1) is 30.1 Å². The van der Waals surface area contributed by atoms with Gasteiger partial charge in [-0.25, -0.2) is 0 Å². The van der Waals surface area contributed by atoms with Crippen molar-refractivity contribution in [1.29, 1.82) is 0 Å². The van der Waals surface area contributed by atoms with Gasteiger partial charge in [0.1, 0.15) is 0 Å². The van der Waals surface area contributed by atoms with Crippen LogP contribution >= 0.6 is 0 Å². The van der Waals surface area contributed by atoms with E-state index in [1.165, 1.54) is 30.5 Å². The molecule has 1 fully saturated rings. The van der Waals surface area contributed by atoms with Gasteiger partial charge in [-0.3, -0.25) is 0 Å². The number of allylic oxidation sites excluding steroid dienone is 4. The van der Waals surface area contributed by atoms with E-state index in [-0.39, 0.29) is 0 Å². The molecule has 0 aliphatic heterocycles. The largest absolute Gasteiger partial charge is 0.392 e. The highest BCUT2D eigenvalue weighted by Crippen LogP contribution is 2.37. The van der Waals surface area contributed by atoms with Gasteiger partial charge in [0.15, 0.2) is 0 Å². The van der Waals surface area contributed by atoms with Crippen LogP contribution in [-0.2, 0) is 0 Å². The zero-order valence-electron chi connectivity index (χ0n) is 13.8. The van der Waals surface area contributed by atoms with Gasteiger partial charge in [-0.05, 0) is 49.9 Å². The van der Waals surface area contributed by atoms with Crippen molar-refractivity contribution >= 4 is 0 Å². The summed E-state index contributed by atoms with van der Waals surface area (Å²) >= 11 is 0. The fourth-order valence-corrected chi connectivity index (χ4v) is 2.86. The summed E-state index contributed by atoms with van der Waals surface area (Å²) in [5.41, 5.74) is 2.73. The molecule has 0 heterocycles. The molecule has 2 atom stereocenters. The van der Waals surface area contributed by atoms with Crippen molar-refractivity contribution in [3.63, 3.8) is 0 Å². The quantitative estimate of drug-likeness (QED) is 0.335. The molecule has 1 saturated carbocycles. The average molecular weight is 285 g/mol. The second-order valence-corrected chi connectivity index (χ2v) is 6.25. The van der Waals surface area contributed by atoms with Crippen LogP contribution in [0.25, 0.3) is 0 Å². The van der Waals surface area contributed by atoms with Crippen molar-refractivity contribution < 1.29 is 0 Å². The number of hydrogen-bond acceptors (Lipinski definition) is 1. The lowest BCUT2D eigenvalue weighted by Gasteiger charge is -2.31. The van der Waals surface area contributed by atoms with Gasteiger partial charge in [-0.1, -0.05) is 37.6 Å². The number of unbranched alkanes of at least 4 members (excludes halogenated alkanes) is 1. The number of hydrogen-bond donors (Lipinski definition) is 1. The van der Waals surface area contributed by atoms with Gasteiger partial charge in [-0.2, -0.15) is 0 Å². The van der Waals surface area contributed by atoms with E-state index < -0.39 is 0 Å². The van der Waals surface area contributed by atoms with Crippen LogP contribution in [0.3, 0.4) is 0 Å². The monoisotopic (exact) mass is 285 g/mol. The van der Waals surface area contributed by atoms with Crippen molar-refractivity contribution in [2.24, 2.45) is 17.8 Å². The molecule has 0 aromatic carbocycles. The predicted octanol–water partition coefficient (Wildman–Crippen LogP) is 5.08. The molecule has 1 nitrogen and oxygen atoms in total. The van der Waals surface area contributed by atoms with E-state index in [0.29, 0.717) is 11.8 Å². The van der Waals surface area contributed by atoms with Crippen LogP contribution in [0.5, 0.6) is 0 Å². The van der Waals surface area contributed by atoms with Crippen LogP contribution in [0.15, 0.2) is 36.6 Å². The van der Waals surface area contributed by atoms with Gasteiger partial charge in [0, 0.05) is 19.2 Å². The molecule has 21 heavy (non-hydrogen) atoms. The second-order valence-electron chi connectivity index (χ2n) is 6.25. The van der Waals surface area contributed by atoms with Gasteiger partial charge < -0.3 is 5.32 Å². The summed E-state index contributed by atoms with van der Waals surface area (Å²) in [5, 5.41) is 3.35. The minimum absolute atomic E-state index is 0.407. The van der Waals surface area contributed by atoms with Crippen molar-refractivity contribution in [3.05, 3.63) is 36.6 Å². The van der Waals surface area contributed by atoms with Crippen molar-refractivity contribution in [2.45, 2.75) is 51.9 Å². The molecule has 1 rings (SSSR count). The Hall–Kier alpha value is -1.42. The molecule has 0 spiro atoms. The second kappa shape index (κ2) is 9.50. The molecule has 0 bridgehead atoms. The van der Waals surface area contributed by atoms with Crippen LogP contribution in [-0.4, -0.2) is 7.05 Å². The highest BCUT2D eigenvalue weighted by molar-refractivity contribution is 5.14. The summed E-state index contributed by atoms with van der Waals surface area (Å²) in [5.74, 6) is 4.43. The Labute approximate surface area is 131 Å². The molecule has 0 aromatic rings. The maximum absolute atomic E-state index is 5.32. The van der Waals surface area contributed by atoms with Gasteiger partial charge in [0.2, 0.25) is 0 Å². The number of nitrogens with one attached hydrogen (secondary N) is 1. The number of terminal acetylenes is 1. The van der Waals surface area contributed by atoms with Crippen LogP contribution in [0.4, 0.5) is 0 Å². The van der Waals surface area contributed by atoms with E-state index in [0.717, 1.165) is 31.6 Å². The first-order valence-corrected chi connectivity index (χ1v) is 8.25. The summed E-state index contributed by atoms with van der Waals surface area (Å²) in [6.45, 7) is 10.6. The summed E-state index contributed by atoms with van der Waals surface area (Å²) in [6, 6.07) is 0. The first-order chi connectivity index (χ1) is 10.1. The minimum Gasteiger partial charge on any atom is -0.392 e. The third-order valence-electron chi connectivity index (χ3n) is 4.69. The Morgan fingerprint density at radius 1 is 1.48 bits per heavy atom. The maximum atomic E-state index is 5.32. The Kier molecular flexibility index (Phi) is 7.98. The molecule has 0 amide bonds. The summed E-state index contributed by atoms with van der Waals surface area (Å²) < 4.78 is 0. The van der Waals surface area contributed by atoms with Crippen LogP contribution in [0.1, 0.15) is 51.9 Å². The van der Waals surface area contributed by atoms with Gasteiger partial charge >= 0.3 is 0 Å². The van der Waals surface area contributed by atoms with E-state index >= 15 is 0 Å². The Morgan fingerprint density at radius 2 is 2.19 bits per heavy atom. The minimum atomic E-state index is 0.407. The molecule has 1 N–H and O–H groups in total. The van der Waals surface area contributed by atoms with E-state index in [1.807, 2.05) is 13.1 Å². The molecule has 1 aliphatic rings. The van der Waals surface area contributed by atoms with Gasteiger partial charge in [0.25, 0.3) is 0 Å². The fraction of sp³-hybridized carbons (Fsp3) is 0.600. The Morgan fingerprint density at radius 3 is 2.67 bits per heavy atom. The SMILES string of the molecule is C#CCCCC(C=C)/C=C(/CC(C)C(=C)C1CCC1)NC. The zero-order valence-corrected chi connectivity index (χ0v) is 13.8. The molecule has 1 heteroatoms. The highest BCUT2D eigenvalue weighted by Gasteiger charge is 2.24. The Balaban J connectivity index is 2.54. The first-order valence-electron chi connectivity index (χ1n) is 8.25. The molecular formula is C20H31N. The topological polar surface area (TPSA) is 12.0 Å². The molecule has 116 valence electrons. The Bertz CT molecular complexity index is 406.